The Morgan fingerprint density at radius 1 is 1.75 bits per heavy atom. The molecule has 0 saturated carbocycles. The van der Waals surface area contributed by atoms with E-state index in [0.717, 1.165) is 4.74 Å². The molecule has 0 radical (unpaired) electrons. The van der Waals surface area contributed by atoms with Crippen LogP contribution in [0.1, 0.15) is 19.5 Å². The summed E-state index contributed by atoms with van der Waals surface area (Å²) in [4.78, 5) is 3.93. The van der Waals surface area contributed by atoms with Crippen LogP contribution in [-0.4, -0.2) is 22.0 Å². The molecule has 4 nitrogen and oxygen atoms in total. The van der Waals surface area contributed by atoms with Crippen molar-refractivity contribution < 1.29 is 4.74 Å². The minimum absolute atomic E-state index is 0.0621. The van der Waals surface area contributed by atoms with Crippen LogP contribution in [-0.2, 0) is 0 Å². The van der Waals surface area contributed by atoms with Gasteiger partial charge in [-0.25, -0.2) is 9.72 Å². The van der Waals surface area contributed by atoms with Gasteiger partial charge in [-0.3, -0.25) is 0 Å². The first kappa shape index (κ1) is 8.99. The Labute approximate surface area is 74.9 Å². The Bertz CT molecular complexity index is 293. The van der Waals surface area contributed by atoms with Gasteiger partial charge >= 0.3 is 0 Å². The maximum absolute atomic E-state index is 11.1. The number of nitrogens with zero attached hydrogens (tertiary/aromatic N) is 2. The zero-order chi connectivity index (χ0) is 9.14. The van der Waals surface area contributed by atoms with E-state index >= 15 is 0 Å². The molecule has 0 bridgehead atoms. The Morgan fingerprint density at radius 3 is 2.83 bits per heavy atom. The van der Waals surface area contributed by atoms with E-state index in [1.165, 1.54) is 17.6 Å². The molecule has 0 aliphatic heterocycles. The van der Waals surface area contributed by atoms with Crippen LogP contribution in [0.4, 0.5) is 5.13 Å². The van der Waals surface area contributed by atoms with Crippen LogP contribution < -0.4 is 5.73 Å². The smallest absolute Gasteiger partial charge is 0.201 e. The molecule has 66 valence electrons. The fraction of sp³-hybridized carbons (Fsp3) is 0.429. The van der Waals surface area contributed by atoms with Crippen molar-refractivity contribution in [3.63, 3.8) is 0 Å². The van der Waals surface area contributed by atoms with Gasteiger partial charge in [0.1, 0.15) is 5.69 Å². The molecular formula is C7H11N3OS. The van der Waals surface area contributed by atoms with Gasteiger partial charge in [0, 0.05) is 5.38 Å². The highest BCUT2D eigenvalue weighted by Gasteiger charge is 2.03. The lowest BCUT2D eigenvalue weighted by Crippen LogP contribution is -2.15. The van der Waals surface area contributed by atoms with E-state index in [1.807, 2.05) is 13.8 Å². The number of rotatable bonds is 2. The van der Waals surface area contributed by atoms with Crippen LogP contribution in [0.5, 0.6) is 0 Å². The van der Waals surface area contributed by atoms with Gasteiger partial charge in [-0.1, -0.05) is 0 Å². The fourth-order valence-corrected chi connectivity index (χ4v) is 1.15. The summed E-state index contributed by atoms with van der Waals surface area (Å²) in [6, 6.07) is -0.0621. The largest absolute Gasteiger partial charge is 0.624 e. The van der Waals surface area contributed by atoms with E-state index in [0.29, 0.717) is 10.8 Å². The molecule has 0 aliphatic rings. The number of hydroxylamine groups is 1. The van der Waals surface area contributed by atoms with Gasteiger partial charge in [0.15, 0.2) is 11.2 Å². The van der Waals surface area contributed by atoms with Crippen LogP contribution in [0.2, 0.25) is 0 Å². The molecule has 1 rings (SSSR count). The van der Waals surface area contributed by atoms with Gasteiger partial charge in [-0.2, -0.15) is 0 Å². The number of anilines is 1. The molecule has 12 heavy (non-hydrogen) atoms. The molecule has 0 spiro atoms. The summed E-state index contributed by atoms with van der Waals surface area (Å²) >= 11 is 1.33. The number of aromatic nitrogens is 1. The predicted octanol–water partition coefficient (Wildman–Crippen LogP) is 1.06. The van der Waals surface area contributed by atoms with Crippen LogP contribution in [0.3, 0.4) is 0 Å². The summed E-state index contributed by atoms with van der Waals surface area (Å²) in [5.74, 6) is 0. The summed E-state index contributed by atoms with van der Waals surface area (Å²) in [5, 5.41) is 13.3. The van der Waals surface area contributed by atoms with Crippen molar-refractivity contribution in [3.8, 4) is 0 Å². The third-order valence-corrected chi connectivity index (χ3v) is 2.00. The second-order valence-corrected chi connectivity index (χ2v) is 3.58. The summed E-state index contributed by atoms with van der Waals surface area (Å²) in [5.41, 5.74) is 6.02. The predicted molar refractivity (Wildman–Crippen MR) is 50.5 cm³/mol. The molecule has 0 atom stereocenters. The lowest BCUT2D eigenvalue weighted by atomic mass is 10.4. The molecule has 1 aromatic heterocycles. The SMILES string of the molecule is CC(C)/[N+]([O-])=C/c1csc(N)n1. The molecule has 0 aromatic carbocycles. The van der Waals surface area contributed by atoms with Crippen molar-refractivity contribution in [1.29, 1.82) is 0 Å². The maximum Gasteiger partial charge on any atom is 0.201 e. The summed E-state index contributed by atoms with van der Waals surface area (Å²) in [6.45, 7) is 3.64. The average molecular weight is 185 g/mol. The van der Waals surface area contributed by atoms with Gasteiger partial charge in [0.2, 0.25) is 6.21 Å². The Hall–Kier alpha value is -1.10. The zero-order valence-electron chi connectivity index (χ0n) is 7.02. The van der Waals surface area contributed by atoms with E-state index in [4.69, 9.17) is 5.73 Å². The average Bonchev–Trinajstić information content (AvgIpc) is 2.35. The lowest BCUT2D eigenvalue weighted by molar-refractivity contribution is -0.487. The van der Waals surface area contributed by atoms with Crippen LogP contribution in [0.15, 0.2) is 5.38 Å². The lowest BCUT2D eigenvalue weighted by Gasteiger charge is -2.05. The Balaban J connectivity index is 2.80. The molecule has 1 heterocycles. The second-order valence-electron chi connectivity index (χ2n) is 2.69. The highest BCUT2D eigenvalue weighted by atomic mass is 32.1. The molecule has 5 heteroatoms. The number of hydrogen-bond donors (Lipinski definition) is 1. The molecule has 0 unspecified atom stereocenters. The third-order valence-electron chi connectivity index (χ3n) is 1.31. The minimum atomic E-state index is -0.0621. The second kappa shape index (κ2) is 3.53. The van der Waals surface area contributed by atoms with Crippen LogP contribution in [0.25, 0.3) is 0 Å². The number of nitrogen functional groups attached to an aromatic ring is 1. The first-order valence-corrected chi connectivity index (χ1v) is 4.49. The number of thiazole rings is 1. The number of hydrogen-bond acceptors (Lipinski definition) is 4. The molecule has 2 N–H and O–H groups in total. The van der Waals surface area contributed by atoms with Crippen molar-refractivity contribution in [2.45, 2.75) is 19.9 Å². The molecule has 1 aromatic rings. The monoisotopic (exact) mass is 185 g/mol. The van der Waals surface area contributed by atoms with Gasteiger partial charge in [0.05, 0.1) is 0 Å². The van der Waals surface area contributed by atoms with Gasteiger partial charge in [0.25, 0.3) is 0 Å². The standard InChI is InChI=1S/C7H11N3OS/c1-5(2)10(11)3-6-4-12-7(8)9-6/h3-5H,1-2H3,(H2,8,9)/b10-3-. The van der Waals surface area contributed by atoms with Crippen molar-refractivity contribution in [1.82, 2.24) is 4.98 Å². The van der Waals surface area contributed by atoms with Crippen molar-refractivity contribution in [2.24, 2.45) is 0 Å². The first-order chi connectivity index (χ1) is 5.59. The van der Waals surface area contributed by atoms with E-state index in [-0.39, 0.29) is 6.04 Å². The molecule has 0 amide bonds. The van der Waals surface area contributed by atoms with E-state index in [2.05, 4.69) is 4.98 Å². The zero-order valence-corrected chi connectivity index (χ0v) is 7.84. The molecule has 0 saturated heterocycles. The Kier molecular flexibility index (Phi) is 2.65. The van der Waals surface area contributed by atoms with Crippen LogP contribution >= 0.6 is 11.3 Å². The van der Waals surface area contributed by atoms with Gasteiger partial charge < -0.3 is 10.9 Å². The van der Waals surface area contributed by atoms with Crippen LogP contribution in [0, 0.1) is 5.21 Å². The Morgan fingerprint density at radius 2 is 2.42 bits per heavy atom. The van der Waals surface area contributed by atoms with Crippen molar-refractivity contribution in [3.05, 3.63) is 16.3 Å². The van der Waals surface area contributed by atoms with Crippen molar-refractivity contribution >= 4 is 22.7 Å². The number of nitrogens with two attached hydrogens (primary N) is 1. The van der Waals surface area contributed by atoms with Gasteiger partial charge in [-0.15, -0.1) is 11.3 Å². The summed E-state index contributed by atoms with van der Waals surface area (Å²) in [7, 11) is 0. The van der Waals surface area contributed by atoms with Crippen molar-refractivity contribution in [2.75, 3.05) is 5.73 Å². The van der Waals surface area contributed by atoms with E-state index < -0.39 is 0 Å². The fourth-order valence-electron chi connectivity index (χ4n) is 0.639. The first-order valence-electron chi connectivity index (χ1n) is 3.61. The summed E-state index contributed by atoms with van der Waals surface area (Å²) in [6.07, 6.45) is 1.44. The van der Waals surface area contributed by atoms with E-state index in [9.17, 15) is 5.21 Å². The molecule has 0 aliphatic carbocycles. The van der Waals surface area contributed by atoms with E-state index in [1.54, 1.807) is 5.38 Å². The molecule has 0 fully saturated rings. The minimum Gasteiger partial charge on any atom is -0.624 e. The topological polar surface area (TPSA) is 65.0 Å². The molecular weight excluding hydrogens is 174 g/mol. The van der Waals surface area contributed by atoms with Gasteiger partial charge in [-0.05, 0) is 13.8 Å². The highest BCUT2D eigenvalue weighted by molar-refractivity contribution is 7.13. The maximum atomic E-state index is 11.1. The normalized spacial score (nSPS) is 12.4. The third kappa shape index (κ3) is 2.20. The summed E-state index contributed by atoms with van der Waals surface area (Å²) < 4.78 is 0.856. The highest BCUT2D eigenvalue weighted by Crippen LogP contribution is 2.08. The quantitative estimate of drug-likeness (QED) is 0.324.